The second-order valence-electron chi connectivity index (χ2n) is 12.7. The molecule has 4 aromatic rings. The highest BCUT2D eigenvalue weighted by molar-refractivity contribution is 7.92. The number of carbonyl (C=O) groups excluding carboxylic acids is 2. The smallest absolute Gasteiger partial charge is 0.264 e. The Labute approximate surface area is 295 Å². The van der Waals surface area contributed by atoms with Gasteiger partial charge in [0.25, 0.3) is 10.0 Å². The zero-order valence-electron chi connectivity index (χ0n) is 28.3. The van der Waals surface area contributed by atoms with Crippen molar-refractivity contribution in [2.45, 2.75) is 75.9 Å². The molecule has 5 rings (SSSR count). The van der Waals surface area contributed by atoms with Crippen LogP contribution in [-0.4, -0.2) is 50.9 Å². The number of aryl methyl sites for hydroxylation is 2. The summed E-state index contributed by atoms with van der Waals surface area (Å²) in [6.45, 7) is 3.19. The molecule has 1 atom stereocenters. The summed E-state index contributed by atoms with van der Waals surface area (Å²) in [5, 5.41) is 3.72. The van der Waals surface area contributed by atoms with Gasteiger partial charge in [-0.15, -0.1) is 0 Å². The monoisotopic (exact) mass is 701 g/mol. The van der Waals surface area contributed by atoms with Gasteiger partial charge in [-0.2, -0.15) is 0 Å². The predicted octanol–water partition coefficient (Wildman–Crippen LogP) is 7.25. The number of hydrogen-bond donors (Lipinski definition) is 1. The molecule has 0 bridgehead atoms. The van der Waals surface area contributed by atoms with Gasteiger partial charge >= 0.3 is 0 Å². The third-order valence-electron chi connectivity index (χ3n) is 8.96. The number of anilines is 1. The van der Waals surface area contributed by atoms with Crippen molar-refractivity contribution in [1.29, 1.82) is 0 Å². The second-order valence-corrected chi connectivity index (χ2v) is 15.0. The number of benzene rings is 4. The van der Waals surface area contributed by atoms with Gasteiger partial charge in [0.15, 0.2) is 0 Å². The first-order chi connectivity index (χ1) is 23.5. The van der Waals surface area contributed by atoms with Gasteiger partial charge in [0, 0.05) is 24.0 Å². The average Bonchev–Trinajstić information content (AvgIpc) is 3.09. The minimum atomic E-state index is -4.27. The Morgan fingerprint density at radius 2 is 1.53 bits per heavy atom. The molecular formula is C39H44ClN3O5S. The summed E-state index contributed by atoms with van der Waals surface area (Å²) in [5.74, 6) is -0.516. The van der Waals surface area contributed by atoms with E-state index in [0.29, 0.717) is 16.3 Å². The van der Waals surface area contributed by atoms with Crippen molar-refractivity contribution in [3.8, 4) is 5.75 Å². The lowest BCUT2D eigenvalue weighted by Crippen LogP contribution is -2.55. The Hall–Kier alpha value is -4.34. The zero-order chi connectivity index (χ0) is 35.0. The summed E-state index contributed by atoms with van der Waals surface area (Å²) in [6, 6.07) is 27.5. The molecule has 0 aromatic heterocycles. The molecule has 258 valence electrons. The molecule has 0 saturated heterocycles. The molecule has 1 unspecified atom stereocenters. The van der Waals surface area contributed by atoms with Crippen molar-refractivity contribution < 1.29 is 22.7 Å². The minimum absolute atomic E-state index is 0.0117. The van der Waals surface area contributed by atoms with Gasteiger partial charge in [-0.3, -0.25) is 13.9 Å². The molecule has 0 spiro atoms. The Bertz CT molecular complexity index is 1840. The molecule has 8 nitrogen and oxygen atoms in total. The quantitative estimate of drug-likeness (QED) is 0.159. The highest BCUT2D eigenvalue weighted by Gasteiger charge is 2.36. The van der Waals surface area contributed by atoms with E-state index in [9.17, 15) is 18.0 Å². The van der Waals surface area contributed by atoms with Crippen molar-refractivity contribution in [1.82, 2.24) is 10.2 Å². The van der Waals surface area contributed by atoms with Crippen LogP contribution in [0.3, 0.4) is 0 Å². The molecule has 49 heavy (non-hydrogen) atoms. The number of rotatable bonds is 13. The third-order valence-corrected chi connectivity index (χ3v) is 11.0. The van der Waals surface area contributed by atoms with Gasteiger partial charge in [-0.25, -0.2) is 8.42 Å². The van der Waals surface area contributed by atoms with Gasteiger partial charge in [-0.05, 0) is 79.8 Å². The van der Waals surface area contributed by atoms with E-state index in [-0.39, 0.29) is 35.5 Å². The van der Waals surface area contributed by atoms with Crippen molar-refractivity contribution in [3.05, 3.63) is 124 Å². The van der Waals surface area contributed by atoms with Crippen LogP contribution in [0.5, 0.6) is 5.75 Å². The Morgan fingerprint density at radius 1 is 0.857 bits per heavy atom. The Morgan fingerprint density at radius 3 is 2.20 bits per heavy atom. The molecule has 0 aliphatic heterocycles. The molecule has 1 saturated carbocycles. The van der Waals surface area contributed by atoms with Crippen LogP contribution in [0.1, 0.15) is 54.4 Å². The van der Waals surface area contributed by atoms with Crippen LogP contribution in [0.25, 0.3) is 0 Å². The van der Waals surface area contributed by atoms with E-state index in [1.165, 1.54) is 24.1 Å². The molecule has 2 amide bonds. The SMILES string of the molecule is COc1ccc(C)cc1N(CC(=O)N(Cc1cccc(Cl)c1)C(Cc1ccccc1)C(=O)NC1CCCCC1)S(=O)(=O)c1ccc(C)cc1. The number of nitrogens with one attached hydrogen (secondary N) is 1. The topological polar surface area (TPSA) is 96.0 Å². The predicted molar refractivity (Wildman–Crippen MR) is 194 cm³/mol. The van der Waals surface area contributed by atoms with Gasteiger partial charge in [0.1, 0.15) is 18.3 Å². The lowest BCUT2D eigenvalue weighted by molar-refractivity contribution is -0.140. The van der Waals surface area contributed by atoms with Crippen LogP contribution in [0.4, 0.5) is 5.69 Å². The van der Waals surface area contributed by atoms with E-state index in [0.717, 1.165) is 53.1 Å². The minimum Gasteiger partial charge on any atom is -0.495 e. The summed E-state index contributed by atoms with van der Waals surface area (Å²) in [5.41, 5.74) is 3.50. The van der Waals surface area contributed by atoms with E-state index < -0.39 is 28.5 Å². The van der Waals surface area contributed by atoms with Gasteiger partial charge in [0.05, 0.1) is 17.7 Å². The normalized spacial score (nSPS) is 14.1. The molecular weight excluding hydrogens is 658 g/mol. The molecule has 10 heteroatoms. The number of carbonyl (C=O) groups is 2. The second kappa shape index (κ2) is 16.4. The van der Waals surface area contributed by atoms with Crippen molar-refractivity contribution in [2.24, 2.45) is 0 Å². The average molecular weight is 702 g/mol. The van der Waals surface area contributed by atoms with Crippen LogP contribution in [-0.2, 0) is 32.6 Å². The number of sulfonamides is 1. The number of hydrogen-bond acceptors (Lipinski definition) is 5. The van der Waals surface area contributed by atoms with Crippen molar-refractivity contribution in [3.63, 3.8) is 0 Å². The lowest BCUT2D eigenvalue weighted by Gasteiger charge is -2.35. The van der Waals surface area contributed by atoms with Gasteiger partial charge in [-0.1, -0.05) is 97.1 Å². The number of amides is 2. The van der Waals surface area contributed by atoms with Gasteiger partial charge in [0.2, 0.25) is 11.8 Å². The summed E-state index contributed by atoms with van der Waals surface area (Å²) in [7, 11) is -2.81. The van der Waals surface area contributed by atoms with Crippen molar-refractivity contribution >= 4 is 39.1 Å². The highest BCUT2D eigenvalue weighted by atomic mass is 35.5. The molecule has 1 aliphatic carbocycles. The summed E-state index contributed by atoms with van der Waals surface area (Å²) in [6.07, 6.45) is 5.19. The standard InChI is InChI=1S/C39H44ClN3O5S/c1-28-17-20-34(21-18-28)49(46,47)43(35-23-29(2)19-22-37(35)48-3)27-38(44)42(26-31-13-10-14-32(40)24-31)36(25-30-11-6-4-7-12-30)39(45)41-33-15-8-5-9-16-33/h4,6-7,10-14,17-24,33,36H,5,8-9,15-16,25-27H2,1-3H3,(H,41,45). The molecule has 1 aliphatic rings. The lowest BCUT2D eigenvalue weighted by atomic mass is 9.94. The summed E-state index contributed by atoms with van der Waals surface area (Å²) >= 11 is 6.38. The van der Waals surface area contributed by atoms with Crippen LogP contribution < -0.4 is 14.4 Å². The fourth-order valence-electron chi connectivity index (χ4n) is 6.28. The molecule has 0 heterocycles. The maximum absolute atomic E-state index is 14.8. The fraction of sp³-hybridized carbons (Fsp3) is 0.333. The van der Waals surface area contributed by atoms with E-state index in [2.05, 4.69) is 5.32 Å². The maximum Gasteiger partial charge on any atom is 0.264 e. The number of ether oxygens (including phenoxy) is 1. The summed E-state index contributed by atoms with van der Waals surface area (Å²) in [4.78, 5) is 30.6. The summed E-state index contributed by atoms with van der Waals surface area (Å²) < 4.78 is 35.6. The highest BCUT2D eigenvalue weighted by Crippen LogP contribution is 2.34. The molecule has 4 aromatic carbocycles. The zero-order valence-corrected chi connectivity index (χ0v) is 29.8. The van der Waals surface area contributed by atoms with Crippen LogP contribution in [0.15, 0.2) is 102 Å². The number of methoxy groups -OCH3 is 1. The van der Waals surface area contributed by atoms with Crippen LogP contribution in [0, 0.1) is 13.8 Å². The third kappa shape index (κ3) is 9.22. The van der Waals surface area contributed by atoms with E-state index in [4.69, 9.17) is 16.3 Å². The van der Waals surface area contributed by atoms with E-state index in [1.807, 2.05) is 56.3 Å². The first-order valence-electron chi connectivity index (χ1n) is 16.7. The first kappa shape index (κ1) is 36.0. The largest absolute Gasteiger partial charge is 0.495 e. The van der Waals surface area contributed by atoms with Crippen molar-refractivity contribution in [2.75, 3.05) is 18.0 Å². The Kier molecular flexibility index (Phi) is 12.0. The number of halogens is 1. The molecule has 1 N–H and O–H groups in total. The Balaban J connectivity index is 1.60. The van der Waals surface area contributed by atoms with Gasteiger partial charge < -0.3 is 15.0 Å². The van der Waals surface area contributed by atoms with E-state index in [1.54, 1.807) is 42.5 Å². The fourth-order valence-corrected chi connectivity index (χ4v) is 7.91. The number of nitrogens with zero attached hydrogens (tertiary/aromatic N) is 2. The molecule has 1 fully saturated rings. The maximum atomic E-state index is 14.8. The van der Waals surface area contributed by atoms with Crippen LogP contribution >= 0.6 is 11.6 Å². The first-order valence-corrected chi connectivity index (χ1v) is 18.5. The van der Waals surface area contributed by atoms with Crippen LogP contribution in [0.2, 0.25) is 5.02 Å². The van der Waals surface area contributed by atoms with E-state index >= 15 is 0 Å². The molecule has 0 radical (unpaired) electrons.